The highest BCUT2D eigenvalue weighted by Gasteiger charge is 2.30. The van der Waals surface area contributed by atoms with Crippen LogP contribution >= 0.6 is 0 Å². The van der Waals surface area contributed by atoms with Crippen LogP contribution in [0.15, 0.2) is 36.5 Å². The number of carbonyl (C=O) groups is 1. The van der Waals surface area contributed by atoms with Gasteiger partial charge in [0.15, 0.2) is 5.69 Å². The molecule has 6 nitrogen and oxygen atoms in total. The lowest BCUT2D eigenvalue weighted by atomic mass is 10.1. The van der Waals surface area contributed by atoms with Gasteiger partial charge >= 0.3 is 0 Å². The van der Waals surface area contributed by atoms with Crippen molar-refractivity contribution < 1.29 is 4.79 Å². The van der Waals surface area contributed by atoms with Gasteiger partial charge in [0.1, 0.15) is 0 Å². The fraction of sp³-hybridized carbons (Fsp3) is 0.471. The zero-order chi connectivity index (χ0) is 16.2. The highest BCUT2D eigenvalue weighted by Crippen LogP contribution is 2.18. The highest BCUT2D eigenvalue weighted by atomic mass is 16.2. The predicted molar refractivity (Wildman–Crippen MR) is 87.9 cm³/mol. The molecule has 3 rings (SSSR count). The predicted octanol–water partition coefficient (Wildman–Crippen LogP) is 1.64. The number of aryl methyl sites for hydroxylation is 1. The Bertz CT molecular complexity index is 654. The molecule has 0 saturated carbocycles. The Kier molecular flexibility index (Phi) is 4.71. The van der Waals surface area contributed by atoms with Gasteiger partial charge < -0.3 is 4.90 Å². The lowest BCUT2D eigenvalue weighted by Crippen LogP contribution is -2.36. The van der Waals surface area contributed by atoms with Crippen molar-refractivity contribution in [1.29, 1.82) is 0 Å². The normalized spacial score (nSPS) is 17.9. The Labute approximate surface area is 136 Å². The molecule has 1 amide bonds. The van der Waals surface area contributed by atoms with E-state index < -0.39 is 0 Å². The molecule has 1 aliphatic rings. The molecular weight excluding hydrogens is 290 g/mol. The van der Waals surface area contributed by atoms with Crippen LogP contribution in [0.25, 0.3) is 0 Å². The van der Waals surface area contributed by atoms with Gasteiger partial charge in [0.2, 0.25) is 0 Å². The summed E-state index contributed by atoms with van der Waals surface area (Å²) in [4.78, 5) is 16.7. The second-order valence-corrected chi connectivity index (χ2v) is 6.05. The summed E-state index contributed by atoms with van der Waals surface area (Å²) in [7, 11) is 2.12. The van der Waals surface area contributed by atoms with Crippen LogP contribution in [0.2, 0.25) is 0 Å². The molecule has 1 aromatic carbocycles. The first kappa shape index (κ1) is 15.7. The summed E-state index contributed by atoms with van der Waals surface area (Å²) in [6, 6.07) is 10.8. The smallest absolute Gasteiger partial charge is 0.276 e. The molecule has 1 fully saturated rings. The summed E-state index contributed by atoms with van der Waals surface area (Å²) in [6.45, 7) is 5.14. The van der Waals surface area contributed by atoms with E-state index in [0.717, 1.165) is 32.6 Å². The van der Waals surface area contributed by atoms with Gasteiger partial charge in [-0.05, 0) is 26.0 Å². The zero-order valence-corrected chi connectivity index (χ0v) is 13.7. The van der Waals surface area contributed by atoms with Crippen molar-refractivity contribution in [1.82, 2.24) is 24.8 Å². The summed E-state index contributed by atoms with van der Waals surface area (Å²) >= 11 is 0. The summed E-state index contributed by atoms with van der Waals surface area (Å²) in [6.07, 6.45) is 2.72. The quantitative estimate of drug-likeness (QED) is 0.842. The lowest BCUT2D eigenvalue weighted by molar-refractivity contribution is 0.0773. The van der Waals surface area contributed by atoms with Crippen LogP contribution in [0, 0.1) is 0 Å². The Morgan fingerprint density at radius 3 is 2.83 bits per heavy atom. The largest absolute Gasteiger partial charge is 0.336 e. The van der Waals surface area contributed by atoms with E-state index in [1.165, 1.54) is 5.56 Å². The maximum Gasteiger partial charge on any atom is 0.276 e. The number of likely N-dealkylation sites (tertiary alicyclic amines) is 1. The topological polar surface area (TPSA) is 54.3 Å². The van der Waals surface area contributed by atoms with E-state index in [1.54, 1.807) is 10.9 Å². The molecule has 0 N–H and O–H groups in total. The van der Waals surface area contributed by atoms with E-state index in [0.29, 0.717) is 11.7 Å². The highest BCUT2D eigenvalue weighted by molar-refractivity contribution is 5.92. The van der Waals surface area contributed by atoms with Gasteiger partial charge in [-0.1, -0.05) is 35.5 Å². The van der Waals surface area contributed by atoms with E-state index in [4.69, 9.17) is 0 Å². The van der Waals surface area contributed by atoms with Crippen LogP contribution in [-0.2, 0) is 13.1 Å². The molecule has 23 heavy (non-hydrogen) atoms. The van der Waals surface area contributed by atoms with Crippen molar-refractivity contribution >= 4 is 5.91 Å². The number of amides is 1. The van der Waals surface area contributed by atoms with Crippen molar-refractivity contribution in [3.05, 3.63) is 47.8 Å². The van der Waals surface area contributed by atoms with Crippen molar-refractivity contribution in [2.45, 2.75) is 32.5 Å². The molecule has 1 aromatic heterocycles. The summed E-state index contributed by atoms with van der Waals surface area (Å²) < 4.78 is 1.68. The molecule has 0 radical (unpaired) electrons. The Morgan fingerprint density at radius 2 is 2.13 bits per heavy atom. The molecule has 1 atom stereocenters. The number of hydrogen-bond donors (Lipinski definition) is 0. The van der Waals surface area contributed by atoms with Gasteiger partial charge in [0.05, 0.1) is 6.20 Å². The summed E-state index contributed by atoms with van der Waals surface area (Å²) in [5.74, 6) is -0.0136. The third kappa shape index (κ3) is 3.59. The SMILES string of the molecule is CCn1cc(C(=O)N2CCC(N(C)Cc3ccccc3)C2)nn1. The molecule has 2 aromatic rings. The third-order valence-electron chi connectivity index (χ3n) is 4.43. The van der Waals surface area contributed by atoms with Gasteiger partial charge in [0.25, 0.3) is 5.91 Å². The van der Waals surface area contributed by atoms with Crippen LogP contribution in [0.5, 0.6) is 0 Å². The minimum Gasteiger partial charge on any atom is -0.336 e. The summed E-state index contributed by atoms with van der Waals surface area (Å²) in [5, 5.41) is 7.92. The molecule has 1 saturated heterocycles. The van der Waals surface area contributed by atoms with Gasteiger partial charge in [-0.15, -0.1) is 5.10 Å². The van der Waals surface area contributed by atoms with Crippen LogP contribution in [-0.4, -0.2) is 56.9 Å². The first-order valence-corrected chi connectivity index (χ1v) is 8.11. The first-order chi connectivity index (χ1) is 11.2. The number of hydrogen-bond acceptors (Lipinski definition) is 4. The van der Waals surface area contributed by atoms with Crippen LogP contribution in [0.4, 0.5) is 0 Å². The van der Waals surface area contributed by atoms with E-state index in [9.17, 15) is 4.79 Å². The van der Waals surface area contributed by atoms with Gasteiger partial charge in [0, 0.05) is 32.2 Å². The molecule has 0 bridgehead atoms. The second-order valence-electron chi connectivity index (χ2n) is 6.05. The number of aromatic nitrogens is 3. The molecule has 0 spiro atoms. The average Bonchev–Trinajstić information content (AvgIpc) is 3.24. The van der Waals surface area contributed by atoms with Crippen molar-refractivity contribution in [2.24, 2.45) is 0 Å². The standard InChI is InChI=1S/C17H23N5O/c1-3-22-13-16(18-19-22)17(23)21-10-9-15(12-21)20(2)11-14-7-5-4-6-8-14/h4-8,13,15H,3,9-12H2,1-2H3. The fourth-order valence-electron chi connectivity index (χ4n) is 3.00. The molecule has 0 aliphatic carbocycles. The van der Waals surface area contributed by atoms with Crippen LogP contribution < -0.4 is 0 Å². The van der Waals surface area contributed by atoms with Crippen molar-refractivity contribution in [3.63, 3.8) is 0 Å². The minimum absolute atomic E-state index is 0.0136. The molecule has 1 unspecified atom stereocenters. The van der Waals surface area contributed by atoms with Crippen molar-refractivity contribution in [3.8, 4) is 0 Å². The average molecular weight is 313 g/mol. The maximum absolute atomic E-state index is 12.5. The van der Waals surface area contributed by atoms with E-state index >= 15 is 0 Å². The van der Waals surface area contributed by atoms with E-state index in [-0.39, 0.29) is 5.91 Å². The molecule has 122 valence electrons. The van der Waals surface area contributed by atoms with Gasteiger partial charge in [-0.2, -0.15) is 0 Å². The first-order valence-electron chi connectivity index (χ1n) is 8.11. The number of rotatable bonds is 5. The number of nitrogens with zero attached hydrogens (tertiary/aromatic N) is 5. The Balaban J connectivity index is 1.58. The fourth-order valence-corrected chi connectivity index (χ4v) is 3.00. The van der Waals surface area contributed by atoms with Crippen LogP contribution in [0.3, 0.4) is 0 Å². The van der Waals surface area contributed by atoms with Crippen molar-refractivity contribution in [2.75, 3.05) is 20.1 Å². The third-order valence-corrected chi connectivity index (χ3v) is 4.43. The molecule has 1 aliphatic heterocycles. The monoisotopic (exact) mass is 313 g/mol. The van der Waals surface area contributed by atoms with E-state index in [2.05, 4.69) is 46.5 Å². The number of carbonyl (C=O) groups excluding carboxylic acids is 1. The lowest BCUT2D eigenvalue weighted by Gasteiger charge is -2.24. The summed E-state index contributed by atoms with van der Waals surface area (Å²) in [5.41, 5.74) is 1.74. The number of benzene rings is 1. The van der Waals surface area contributed by atoms with Gasteiger partial charge in [-0.25, -0.2) is 0 Å². The molecule has 6 heteroatoms. The second kappa shape index (κ2) is 6.91. The maximum atomic E-state index is 12.5. The Morgan fingerprint density at radius 1 is 1.35 bits per heavy atom. The minimum atomic E-state index is -0.0136. The molecular formula is C17H23N5O. The Hall–Kier alpha value is -2.21. The molecule has 2 heterocycles. The van der Waals surface area contributed by atoms with Crippen LogP contribution in [0.1, 0.15) is 29.4 Å². The van der Waals surface area contributed by atoms with Gasteiger partial charge in [-0.3, -0.25) is 14.4 Å². The number of likely N-dealkylation sites (N-methyl/N-ethyl adjacent to an activating group) is 1. The zero-order valence-electron chi connectivity index (χ0n) is 13.7. The van der Waals surface area contributed by atoms with E-state index in [1.807, 2.05) is 17.9 Å².